The van der Waals surface area contributed by atoms with Crippen LogP contribution in [-0.2, 0) is 16.0 Å². The van der Waals surface area contributed by atoms with E-state index in [2.05, 4.69) is 41.0 Å². The van der Waals surface area contributed by atoms with Gasteiger partial charge in [-0.3, -0.25) is 0 Å². The van der Waals surface area contributed by atoms with Gasteiger partial charge in [0, 0.05) is 56.2 Å². The summed E-state index contributed by atoms with van der Waals surface area (Å²) >= 11 is 0. The second-order valence-electron chi connectivity index (χ2n) is 7.19. The fourth-order valence-corrected chi connectivity index (χ4v) is 4.15. The Bertz CT molecular complexity index is 514. The first-order valence-corrected chi connectivity index (χ1v) is 8.44. The highest BCUT2D eigenvalue weighted by atomic mass is 16.5. The van der Waals surface area contributed by atoms with Gasteiger partial charge in [-0.1, -0.05) is 20.8 Å². The van der Waals surface area contributed by atoms with Crippen LogP contribution in [0.15, 0.2) is 12.4 Å². The van der Waals surface area contributed by atoms with E-state index in [0.717, 1.165) is 44.4 Å². The van der Waals surface area contributed by atoms with Gasteiger partial charge in [-0.25, -0.2) is 9.97 Å². The van der Waals surface area contributed by atoms with Crippen LogP contribution in [-0.4, -0.2) is 55.5 Å². The van der Waals surface area contributed by atoms with E-state index in [9.17, 15) is 0 Å². The van der Waals surface area contributed by atoms with Crippen LogP contribution in [0.2, 0.25) is 0 Å². The van der Waals surface area contributed by atoms with Crippen molar-refractivity contribution >= 4 is 5.95 Å². The molecule has 1 saturated carbocycles. The third-order valence-electron chi connectivity index (χ3n) is 5.30. The van der Waals surface area contributed by atoms with Gasteiger partial charge in [-0.15, -0.1) is 0 Å². The van der Waals surface area contributed by atoms with Gasteiger partial charge >= 0.3 is 0 Å². The number of rotatable bonds is 5. The molecule has 2 fully saturated rings. The summed E-state index contributed by atoms with van der Waals surface area (Å²) in [6.07, 6.45) is 4.17. The number of hydrogen-bond donors (Lipinski definition) is 1. The summed E-state index contributed by atoms with van der Waals surface area (Å²) in [4.78, 5) is 11.2. The van der Waals surface area contributed by atoms with E-state index in [-0.39, 0.29) is 5.41 Å². The standard InChI is InChI=1S/C17H28N4O2/c1-12-14(17(2,3)15(12)22-4)18-9-13-10-19-16(20-11-13)21-5-7-23-8-6-21/h10-12,14-15,18H,5-9H2,1-4H3. The number of methoxy groups -OCH3 is 1. The van der Waals surface area contributed by atoms with Crippen LogP contribution in [0.25, 0.3) is 0 Å². The summed E-state index contributed by atoms with van der Waals surface area (Å²) in [5.74, 6) is 1.32. The van der Waals surface area contributed by atoms with Crippen molar-refractivity contribution in [2.75, 3.05) is 38.3 Å². The van der Waals surface area contributed by atoms with Crippen LogP contribution in [0.4, 0.5) is 5.95 Å². The highest BCUT2D eigenvalue weighted by Gasteiger charge is 2.54. The lowest BCUT2D eigenvalue weighted by Crippen LogP contribution is -2.66. The molecular formula is C17H28N4O2. The maximum Gasteiger partial charge on any atom is 0.225 e. The van der Waals surface area contributed by atoms with E-state index in [1.165, 1.54) is 0 Å². The summed E-state index contributed by atoms with van der Waals surface area (Å²) in [6.45, 7) is 10.8. The molecule has 6 nitrogen and oxygen atoms in total. The smallest absolute Gasteiger partial charge is 0.225 e. The zero-order valence-corrected chi connectivity index (χ0v) is 14.6. The molecule has 1 N–H and O–H groups in total. The Labute approximate surface area is 138 Å². The highest BCUT2D eigenvalue weighted by Crippen LogP contribution is 2.46. The molecule has 3 unspecified atom stereocenters. The van der Waals surface area contributed by atoms with Crippen molar-refractivity contribution in [1.82, 2.24) is 15.3 Å². The van der Waals surface area contributed by atoms with Crippen LogP contribution in [0.1, 0.15) is 26.3 Å². The molecular weight excluding hydrogens is 292 g/mol. The van der Waals surface area contributed by atoms with Crippen molar-refractivity contribution in [3.8, 4) is 0 Å². The molecule has 1 aromatic rings. The van der Waals surface area contributed by atoms with E-state index in [4.69, 9.17) is 9.47 Å². The summed E-state index contributed by atoms with van der Waals surface area (Å²) < 4.78 is 11.0. The maximum absolute atomic E-state index is 5.60. The molecule has 2 aliphatic rings. The molecule has 0 amide bonds. The SMILES string of the molecule is COC1C(C)C(NCc2cnc(N3CCOCC3)nc2)C1(C)C. The molecule has 1 aliphatic heterocycles. The molecule has 0 radical (unpaired) electrons. The van der Waals surface area contributed by atoms with Gasteiger partial charge in [0.2, 0.25) is 5.95 Å². The van der Waals surface area contributed by atoms with Crippen molar-refractivity contribution in [3.05, 3.63) is 18.0 Å². The molecule has 0 aromatic carbocycles. The van der Waals surface area contributed by atoms with Gasteiger partial charge in [0.25, 0.3) is 0 Å². The van der Waals surface area contributed by atoms with Crippen LogP contribution >= 0.6 is 0 Å². The van der Waals surface area contributed by atoms with Crippen molar-refractivity contribution in [2.45, 2.75) is 39.5 Å². The second kappa shape index (κ2) is 6.71. The quantitative estimate of drug-likeness (QED) is 0.886. The minimum atomic E-state index is 0.156. The van der Waals surface area contributed by atoms with Crippen LogP contribution in [0, 0.1) is 11.3 Å². The number of nitrogens with one attached hydrogen (secondary N) is 1. The number of morpholine rings is 1. The van der Waals surface area contributed by atoms with E-state index in [1.54, 1.807) is 7.11 Å². The first kappa shape index (κ1) is 16.6. The third-order valence-corrected chi connectivity index (χ3v) is 5.30. The Morgan fingerprint density at radius 1 is 1.30 bits per heavy atom. The highest BCUT2D eigenvalue weighted by molar-refractivity contribution is 5.30. The number of anilines is 1. The Morgan fingerprint density at radius 2 is 1.96 bits per heavy atom. The molecule has 128 valence electrons. The van der Waals surface area contributed by atoms with E-state index in [1.807, 2.05) is 12.4 Å². The fraction of sp³-hybridized carbons (Fsp3) is 0.765. The maximum atomic E-state index is 5.60. The monoisotopic (exact) mass is 320 g/mol. The fourth-order valence-electron chi connectivity index (χ4n) is 4.15. The van der Waals surface area contributed by atoms with Crippen LogP contribution < -0.4 is 10.2 Å². The summed E-state index contributed by atoms with van der Waals surface area (Å²) in [7, 11) is 1.80. The first-order valence-electron chi connectivity index (χ1n) is 8.44. The normalized spacial score (nSPS) is 30.1. The number of ether oxygens (including phenoxy) is 2. The second-order valence-corrected chi connectivity index (χ2v) is 7.19. The molecule has 23 heavy (non-hydrogen) atoms. The minimum Gasteiger partial charge on any atom is -0.380 e. The molecule has 2 heterocycles. The van der Waals surface area contributed by atoms with Gasteiger partial charge in [-0.05, 0) is 5.92 Å². The minimum absolute atomic E-state index is 0.156. The van der Waals surface area contributed by atoms with Crippen molar-refractivity contribution in [1.29, 1.82) is 0 Å². The van der Waals surface area contributed by atoms with Gasteiger partial charge in [0.05, 0.1) is 19.3 Å². The number of aromatic nitrogens is 2. The molecule has 1 saturated heterocycles. The Hall–Kier alpha value is -1.24. The van der Waals surface area contributed by atoms with E-state index >= 15 is 0 Å². The van der Waals surface area contributed by atoms with Crippen LogP contribution in [0.3, 0.4) is 0 Å². The topological polar surface area (TPSA) is 59.5 Å². The Kier molecular flexibility index (Phi) is 4.85. The lowest BCUT2D eigenvalue weighted by Gasteiger charge is -2.56. The molecule has 6 heteroatoms. The average Bonchev–Trinajstić information content (AvgIpc) is 2.56. The predicted octanol–water partition coefficient (Wildman–Crippen LogP) is 1.46. The largest absolute Gasteiger partial charge is 0.380 e. The molecule has 0 spiro atoms. The summed E-state index contributed by atoms with van der Waals surface area (Å²) in [5, 5.41) is 3.65. The first-order chi connectivity index (χ1) is 11.0. The Balaban J connectivity index is 1.55. The zero-order chi connectivity index (χ0) is 16.4. The molecule has 3 atom stereocenters. The molecule has 3 rings (SSSR count). The lowest BCUT2D eigenvalue weighted by atomic mass is 9.58. The summed E-state index contributed by atoms with van der Waals surface area (Å²) in [5.41, 5.74) is 1.27. The van der Waals surface area contributed by atoms with Gasteiger partial charge < -0.3 is 19.7 Å². The molecule has 0 bridgehead atoms. The third kappa shape index (κ3) is 3.20. The van der Waals surface area contributed by atoms with E-state index < -0.39 is 0 Å². The van der Waals surface area contributed by atoms with E-state index in [0.29, 0.717) is 18.1 Å². The van der Waals surface area contributed by atoms with Gasteiger partial charge in [0.1, 0.15) is 0 Å². The molecule has 1 aromatic heterocycles. The average molecular weight is 320 g/mol. The zero-order valence-electron chi connectivity index (χ0n) is 14.6. The summed E-state index contributed by atoms with van der Waals surface area (Å²) in [6, 6.07) is 0.450. The Morgan fingerprint density at radius 3 is 2.52 bits per heavy atom. The van der Waals surface area contributed by atoms with Crippen molar-refractivity contribution in [2.24, 2.45) is 11.3 Å². The van der Waals surface area contributed by atoms with Gasteiger partial charge in [-0.2, -0.15) is 0 Å². The van der Waals surface area contributed by atoms with Gasteiger partial charge in [0.15, 0.2) is 0 Å². The number of nitrogens with zero attached hydrogens (tertiary/aromatic N) is 3. The van der Waals surface area contributed by atoms with Crippen LogP contribution in [0.5, 0.6) is 0 Å². The van der Waals surface area contributed by atoms with Crippen molar-refractivity contribution in [3.63, 3.8) is 0 Å². The number of hydrogen-bond acceptors (Lipinski definition) is 6. The molecule has 1 aliphatic carbocycles. The van der Waals surface area contributed by atoms with Crippen molar-refractivity contribution < 1.29 is 9.47 Å². The lowest BCUT2D eigenvalue weighted by molar-refractivity contribution is -0.145. The predicted molar refractivity (Wildman–Crippen MR) is 89.4 cm³/mol.